The van der Waals surface area contributed by atoms with Gasteiger partial charge in [0.25, 0.3) is 0 Å². The smallest absolute Gasteiger partial charge is 0.326 e. The van der Waals surface area contributed by atoms with Crippen LogP contribution < -0.4 is 21.7 Å². The van der Waals surface area contributed by atoms with Gasteiger partial charge in [-0.15, -0.1) is 0 Å². The number of aromatic hydroxyl groups is 1. The number of phenolic OH excluding ortho intramolecular Hbond substituents is 1. The molecule has 12 heteroatoms. The summed E-state index contributed by atoms with van der Waals surface area (Å²) in [4.78, 5) is 50.4. The van der Waals surface area contributed by atoms with E-state index in [0.717, 1.165) is 5.56 Å². The number of thioether (sulfide) groups is 1. The highest BCUT2D eigenvalue weighted by Gasteiger charge is 2.32. The fourth-order valence-corrected chi connectivity index (χ4v) is 4.06. The monoisotopic (exact) mass is 542 g/mol. The van der Waals surface area contributed by atoms with Gasteiger partial charge in [0.15, 0.2) is 0 Å². The first-order chi connectivity index (χ1) is 16.8. The molecular formula is C24H38N4O6S2. The van der Waals surface area contributed by atoms with Crippen LogP contribution in [0, 0.1) is 19.8 Å². The highest BCUT2D eigenvalue weighted by atomic mass is 32.2. The van der Waals surface area contributed by atoms with E-state index < -0.39 is 47.9 Å². The van der Waals surface area contributed by atoms with Gasteiger partial charge in [0.2, 0.25) is 17.7 Å². The van der Waals surface area contributed by atoms with E-state index in [1.807, 2.05) is 6.26 Å². The molecule has 0 aliphatic rings. The third-order valence-corrected chi connectivity index (χ3v) is 6.97. The average molecular weight is 543 g/mol. The minimum Gasteiger partial charge on any atom is -0.508 e. The molecular weight excluding hydrogens is 504 g/mol. The first-order valence-corrected chi connectivity index (χ1v) is 13.6. The van der Waals surface area contributed by atoms with E-state index in [-0.39, 0.29) is 30.3 Å². The van der Waals surface area contributed by atoms with Gasteiger partial charge in [-0.2, -0.15) is 24.4 Å². The molecule has 36 heavy (non-hydrogen) atoms. The zero-order valence-corrected chi connectivity index (χ0v) is 23.0. The first kappa shape index (κ1) is 31.6. The number of hydrogen-bond acceptors (Lipinski definition) is 8. The Morgan fingerprint density at radius 3 is 2.14 bits per heavy atom. The van der Waals surface area contributed by atoms with Crippen LogP contribution in [0.3, 0.4) is 0 Å². The predicted octanol–water partition coefficient (Wildman–Crippen LogP) is 0.757. The van der Waals surface area contributed by atoms with Crippen LogP contribution in [0.5, 0.6) is 5.75 Å². The third kappa shape index (κ3) is 9.21. The van der Waals surface area contributed by atoms with E-state index in [0.29, 0.717) is 16.9 Å². The first-order valence-electron chi connectivity index (χ1n) is 11.6. The van der Waals surface area contributed by atoms with Crippen molar-refractivity contribution >= 4 is 48.1 Å². The van der Waals surface area contributed by atoms with Crippen molar-refractivity contribution < 1.29 is 29.4 Å². The van der Waals surface area contributed by atoms with Crippen molar-refractivity contribution in [3.63, 3.8) is 0 Å². The third-order valence-electron chi connectivity index (χ3n) is 5.93. The SMILES string of the molecule is CSCC[C@H](NC(=O)[C@H](Cc1ccc(O)c(C)c1C)NC(=O)[C@@H](NC(=O)[C@@H](N)CS)C(C)C)C(=O)O. The molecule has 0 heterocycles. The lowest BCUT2D eigenvalue weighted by Gasteiger charge is -2.27. The summed E-state index contributed by atoms with van der Waals surface area (Å²) in [6.07, 6.45) is 2.10. The molecule has 3 amide bonds. The summed E-state index contributed by atoms with van der Waals surface area (Å²) in [5, 5.41) is 27.3. The largest absolute Gasteiger partial charge is 0.508 e. The number of nitrogens with two attached hydrogens (primary N) is 1. The molecule has 0 aliphatic heterocycles. The standard InChI is InChI=1S/C24H38N4O6S2/c1-12(2)20(28-21(30)16(25)11-35)23(32)27-18(10-15-6-7-19(29)14(4)13(15)3)22(31)26-17(24(33)34)8-9-36-5/h6-7,12,16-18,20,29,35H,8-11,25H2,1-5H3,(H,26,31)(H,27,32)(H,28,30)(H,33,34)/t16-,17-,18-,20-/m0/s1. The predicted molar refractivity (Wildman–Crippen MR) is 144 cm³/mol. The van der Waals surface area contributed by atoms with E-state index in [4.69, 9.17) is 5.73 Å². The molecule has 0 fully saturated rings. The lowest BCUT2D eigenvalue weighted by atomic mass is 9.95. The Hall–Kier alpha value is -2.44. The number of carboxylic acid groups (broad SMARTS) is 1. The molecule has 0 spiro atoms. The van der Waals surface area contributed by atoms with Crippen LogP contribution >= 0.6 is 24.4 Å². The van der Waals surface area contributed by atoms with Crippen LogP contribution in [0.25, 0.3) is 0 Å². The van der Waals surface area contributed by atoms with Gasteiger partial charge in [-0.1, -0.05) is 19.9 Å². The number of hydrogen-bond donors (Lipinski definition) is 7. The Balaban J connectivity index is 3.26. The molecule has 202 valence electrons. The van der Waals surface area contributed by atoms with Crippen LogP contribution in [-0.4, -0.2) is 75.8 Å². The van der Waals surface area contributed by atoms with Crippen LogP contribution in [0.15, 0.2) is 12.1 Å². The highest BCUT2D eigenvalue weighted by molar-refractivity contribution is 7.98. The number of thiol groups is 1. The molecule has 0 aromatic heterocycles. The van der Waals surface area contributed by atoms with Crippen LogP contribution in [-0.2, 0) is 25.6 Å². The fraction of sp³-hybridized carbons (Fsp3) is 0.583. The number of carboxylic acids is 1. The topological polar surface area (TPSA) is 171 Å². The quantitative estimate of drug-likeness (QED) is 0.169. The zero-order valence-electron chi connectivity index (χ0n) is 21.3. The summed E-state index contributed by atoms with van der Waals surface area (Å²) in [7, 11) is 0. The zero-order chi connectivity index (χ0) is 27.6. The van der Waals surface area contributed by atoms with E-state index in [9.17, 15) is 29.4 Å². The van der Waals surface area contributed by atoms with Crippen LogP contribution in [0.2, 0.25) is 0 Å². The van der Waals surface area contributed by atoms with Gasteiger partial charge in [-0.3, -0.25) is 14.4 Å². The van der Waals surface area contributed by atoms with Crippen molar-refractivity contribution in [3.05, 3.63) is 28.8 Å². The molecule has 0 aliphatic carbocycles. The number of aliphatic carboxylic acids is 1. The van der Waals surface area contributed by atoms with Crippen LogP contribution in [0.1, 0.15) is 37.0 Å². The normalized spacial score (nSPS) is 14.4. The number of carbonyl (C=O) groups excluding carboxylic acids is 3. The molecule has 4 atom stereocenters. The molecule has 1 aromatic carbocycles. The van der Waals surface area contributed by atoms with Gasteiger partial charge >= 0.3 is 5.97 Å². The number of phenols is 1. The summed E-state index contributed by atoms with van der Waals surface area (Å²) in [6.45, 7) is 7.00. The Morgan fingerprint density at radius 2 is 1.61 bits per heavy atom. The maximum absolute atomic E-state index is 13.2. The van der Waals surface area contributed by atoms with Gasteiger partial charge in [-0.05, 0) is 61.0 Å². The Labute approximate surface area is 222 Å². The minimum atomic E-state index is -1.17. The van der Waals surface area contributed by atoms with E-state index >= 15 is 0 Å². The summed E-state index contributed by atoms with van der Waals surface area (Å²) < 4.78 is 0. The Bertz CT molecular complexity index is 943. The van der Waals surface area contributed by atoms with E-state index in [2.05, 4.69) is 28.6 Å². The van der Waals surface area contributed by atoms with E-state index in [1.54, 1.807) is 33.8 Å². The lowest BCUT2D eigenvalue weighted by molar-refractivity contribution is -0.142. The lowest BCUT2D eigenvalue weighted by Crippen LogP contribution is -2.59. The summed E-state index contributed by atoms with van der Waals surface area (Å²) in [5.41, 5.74) is 7.80. The maximum atomic E-state index is 13.2. The van der Waals surface area contributed by atoms with Crippen molar-refractivity contribution in [1.29, 1.82) is 0 Å². The van der Waals surface area contributed by atoms with Gasteiger partial charge in [0.05, 0.1) is 6.04 Å². The van der Waals surface area contributed by atoms with Gasteiger partial charge in [-0.25, -0.2) is 4.79 Å². The molecule has 0 saturated carbocycles. The minimum absolute atomic E-state index is 0.0499. The summed E-state index contributed by atoms with van der Waals surface area (Å²) >= 11 is 5.46. The van der Waals surface area contributed by atoms with Crippen molar-refractivity contribution in [3.8, 4) is 5.75 Å². The molecule has 1 aromatic rings. The fourth-order valence-electron chi connectivity index (χ4n) is 3.42. The average Bonchev–Trinajstić information content (AvgIpc) is 2.83. The molecule has 1 rings (SSSR count). The number of nitrogens with one attached hydrogen (secondary N) is 3. The number of rotatable bonds is 14. The molecule has 10 nitrogen and oxygen atoms in total. The number of carbonyl (C=O) groups is 4. The molecule has 0 bridgehead atoms. The van der Waals surface area contributed by atoms with Crippen molar-refractivity contribution in [2.24, 2.45) is 11.7 Å². The second-order valence-corrected chi connectivity index (χ2v) is 10.3. The molecule has 0 unspecified atom stereocenters. The van der Waals surface area contributed by atoms with E-state index in [1.165, 1.54) is 17.8 Å². The van der Waals surface area contributed by atoms with Crippen LogP contribution in [0.4, 0.5) is 0 Å². The highest BCUT2D eigenvalue weighted by Crippen LogP contribution is 2.24. The molecule has 0 saturated heterocycles. The molecule has 7 N–H and O–H groups in total. The molecule has 0 radical (unpaired) electrons. The maximum Gasteiger partial charge on any atom is 0.326 e. The summed E-state index contributed by atoms with van der Waals surface area (Å²) in [6, 6.07) is -0.984. The van der Waals surface area contributed by atoms with Crippen molar-refractivity contribution in [1.82, 2.24) is 16.0 Å². The van der Waals surface area contributed by atoms with Gasteiger partial charge in [0.1, 0.15) is 23.9 Å². The second kappa shape index (κ2) is 15.0. The summed E-state index contributed by atoms with van der Waals surface area (Å²) in [5.74, 6) is -2.59. The number of amides is 3. The Morgan fingerprint density at radius 1 is 1.00 bits per heavy atom. The van der Waals surface area contributed by atoms with Gasteiger partial charge < -0.3 is 31.9 Å². The number of benzene rings is 1. The second-order valence-electron chi connectivity index (χ2n) is 8.96. The van der Waals surface area contributed by atoms with Crippen molar-refractivity contribution in [2.45, 2.75) is 64.7 Å². The Kier molecular flexibility index (Phi) is 13.1. The van der Waals surface area contributed by atoms with Crippen molar-refractivity contribution in [2.75, 3.05) is 17.8 Å². The van der Waals surface area contributed by atoms with Gasteiger partial charge in [0, 0.05) is 12.2 Å².